The molecule has 0 bridgehead atoms. The Morgan fingerprint density at radius 3 is 2.67 bits per heavy atom. The number of hydrogen-bond donors (Lipinski definition) is 3. The fraction of sp³-hybridized carbons (Fsp3) is 0.600. The molecule has 10 nitrogen and oxygen atoms in total. The van der Waals surface area contributed by atoms with Gasteiger partial charge < -0.3 is 25.2 Å². The van der Waals surface area contributed by atoms with Gasteiger partial charge in [0.1, 0.15) is 6.10 Å². The molecular weight excluding hydrogens is 390 g/mol. The van der Waals surface area contributed by atoms with Crippen LogP contribution < -0.4 is 5.32 Å². The highest BCUT2D eigenvalue weighted by Gasteiger charge is 2.40. The zero-order valence-electron chi connectivity index (χ0n) is 17.5. The second-order valence-corrected chi connectivity index (χ2v) is 8.10. The third kappa shape index (κ3) is 4.77. The van der Waals surface area contributed by atoms with Gasteiger partial charge in [0.25, 0.3) is 11.9 Å². The number of nitrogens with zero attached hydrogens (tertiary/aromatic N) is 4. The zero-order valence-corrected chi connectivity index (χ0v) is 17.5. The fourth-order valence-electron chi connectivity index (χ4n) is 3.71. The lowest BCUT2D eigenvalue weighted by atomic mass is 10.00. The molecule has 30 heavy (non-hydrogen) atoms. The van der Waals surface area contributed by atoms with Gasteiger partial charge in [-0.15, -0.1) is 10.2 Å². The largest absolute Gasteiger partial charge is 0.481 e. The summed E-state index contributed by atoms with van der Waals surface area (Å²) >= 11 is 0. The molecular formula is C20H29N5O5. The smallest absolute Gasteiger partial charge is 0.300 e. The molecule has 2 aromatic rings. The highest BCUT2D eigenvalue weighted by atomic mass is 16.5. The van der Waals surface area contributed by atoms with Crippen LogP contribution in [0.25, 0.3) is 5.65 Å². The van der Waals surface area contributed by atoms with Gasteiger partial charge >= 0.3 is 0 Å². The number of carboxylic acids is 1. The van der Waals surface area contributed by atoms with Gasteiger partial charge in [-0.1, -0.05) is 13.8 Å². The first-order valence-corrected chi connectivity index (χ1v) is 10.1. The molecule has 3 N–H and O–H groups in total. The van der Waals surface area contributed by atoms with Gasteiger partial charge in [0.2, 0.25) is 0 Å². The van der Waals surface area contributed by atoms with Crippen molar-refractivity contribution < 1.29 is 24.5 Å². The lowest BCUT2D eigenvalue weighted by Gasteiger charge is -2.40. The molecule has 1 spiro atoms. The van der Waals surface area contributed by atoms with Crippen LogP contribution in [0.2, 0.25) is 0 Å². The summed E-state index contributed by atoms with van der Waals surface area (Å²) in [7, 11) is 0. The lowest BCUT2D eigenvalue weighted by Crippen LogP contribution is -2.54. The van der Waals surface area contributed by atoms with Crippen LogP contribution in [0.15, 0.2) is 18.3 Å². The predicted octanol–water partition coefficient (Wildman–Crippen LogP) is 0.714. The van der Waals surface area contributed by atoms with Crippen LogP contribution in [0.4, 0.5) is 0 Å². The number of ether oxygens (including phenoxy) is 1. The molecule has 2 aliphatic heterocycles. The van der Waals surface area contributed by atoms with E-state index in [4.69, 9.17) is 14.6 Å². The zero-order chi connectivity index (χ0) is 21.9. The molecule has 0 aromatic carbocycles. The first-order valence-electron chi connectivity index (χ1n) is 10.1. The van der Waals surface area contributed by atoms with Crippen LogP contribution in [0.3, 0.4) is 0 Å². The van der Waals surface area contributed by atoms with E-state index < -0.39 is 12.1 Å². The second-order valence-electron chi connectivity index (χ2n) is 8.10. The molecule has 10 heteroatoms. The number of aromatic nitrogens is 3. The highest BCUT2D eigenvalue weighted by Crippen LogP contribution is 2.26. The van der Waals surface area contributed by atoms with Crippen molar-refractivity contribution in [1.82, 2.24) is 24.8 Å². The van der Waals surface area contributed by atoms with E-state index in [9.17, 15) is 9.90 Å². The maximum atomic E-state index is 13.1. The molecule has 4 rings (SSSR count). The number of rotatable bonds is 3. The number of aliphatic hydroxyl groups is 1. The van der Waals surface area contributed by atoms with E-state index in [-0.39, 0.29) is 17.4 Å². The van der Waals surface area contributed by atoms with Gasteiger partial charge in [-0.25, -0.2) is 0 Å². The van der Waals surface area contributed by atoms with Crippen molar-refractivity contribution in [3.05, 3.63) is 29.7 Å². The topological polar surface area (TPSA) is 129 Å². The first kappa shape index (κ1) is 22.1. The molecule has 2 atom stereocenters. The van der Waals surface area contributed by atoms with Gasteiger partial charge in [-0.3, -0.25) is 14.0 Å². The molecule has 0 saturated carbocycles. The second kappa shape index (κ2) is 9.07. The number of morpholine rings is 1. The van der Waals surface area contributed by atoms with Crippen molar-refractivity contribution >= 4 is 17.5 Å². The molecule has 0 aliphatic carbocycles. The summed E-state index contributed by atoms with van der Waals surface area (Å²) in [6, 6.07) is 3.54. The third-order valence-corrected chi connectivity index (χ3v) is 5.31. The first-order chi connectivity index (χ1) is 14.2. The number of carbonyl (C=O) groups is 2. The Morgan fingerprint density at radius 2 is 2.03 bits per heavy atom. The minimum absolute atomic E-state index is 0.00993. The van der Waals surface area contributed by atoms with Crippen LogP contribution in [0.5, 0.6) is 0 Å². The molecule has 2 aliphatic rings. The quantitative estimate of drug-likeness (QED) is 0.664. The average molecular weight is 419 g/mol. The normalized spacial score (nSPS) is 22.2. The van der Waals surface area contributed by atoms with E-state index in [2.05, 4.69) is 15.5 Å². The van der Waals surface area contributed by atoms with Crippen molar-refractivity contribution in [2.45, 2.75) is 38.9 Å². The molecule has 2 saturated heterocycles. The minimum Gasteiger partial charge on any atom is -0.481 e. The van der Waals surface area contributed by atoms with E-state index in [0.29, 0.717) is 36.7 Å². The lowest BCUT2D eigenvalue weighted by molar-refractivity contribution is -0.134. The number of amides is 1. The molecule has 0 radical (unpaired) electrons. The molecule has 4 heterocycles. The number of aliphatic hydroxyl groups excluding tert-OH is 1. The Labute approximate surface area is 174 Å². The van der Waals surface area contributed by atoms with Crippen molar-refractivity contribution in [3.8, 4) is 0 Å². The van der Waals surface area contributed by atoms with Crippen molar-refractivity contribution in [2.24, 2.45) is 5.92 Å². The summed E-state index contributed by atoms with van der Waals surface area (Å²) in [5.41, 5.74) is 0.931. The summed E-state index contributed by atoms with van der Waals surface area (Å²) in [5, 5.41) is 29.3. The Morgan fingerprint density at radius 1 is 1.30 bits per heavy atom. The van der Waals surface area contributed by atoms with Gasteiger partial charge in [0, 0.05) is 26.2 Å². The monoisotopic (exact) mass is 419 g/mol. The third-order valence-electron chi connectivity index (χ3n) is 5.31. The maximum absolute atomic E-state index is 13.1. The summed E-state index contributed by atoms with van der Waals surface area (Å²) in [6.45, 7) is 8.37. The van der Waals surface area contributed by atoms with E-state index in [0.717, 1.165) is 26.4 Å². The van der Waals surface area contributed by atoms with Crippen LogP contribution >= 0.6 is 0 Å². The van der Waals surface area contributed by atoms with E-state index in [1.807, 2.05) is 18.7 Å². The number of pyridine rings is 1. The molecule has 2 aromatic heterocycles. The number of carbonyl (C=O) groups excluding carboxylic acids is 1. The van der Waals surface area contributed by atoms with Gasteiger partial charge in [-0.2, -0.15) is 0 Å². The Bertz CT molecular complexity index is 902. The highest BCUT2D eigenvalue weighted by molar-refractivity contribution is 5.94. The molecule has 2 unspecified atom stereocenters. The van der Waals surface area contributed by atoms with Gasteiger partial charge in [-0.05, 0) is 31.0 Å². The predicted molar refractivity (Wildman–Crippen MR) is 108 cm³/mol. The average Bonchev–Trinajstić information content (AvgIpc) is 3.33. The number of nitrogens with one attached hydrogen (secondary N) is 1. The number of aliphatic carboxylic acids is 1. The Hall–Kier alpha value is -2.56. The van der Waals surface area contributed by atoms with Crippen LogP contribution in [0.1, 0.15) is 49.5 Å². The van der Waals surface area contributed by atoms with Crippen LogP contribution in [-0.4, -0.2) is 80.0 Å². The van der Waals surface area contributed by atoms with Crippen LogP contribution in [-0.2, 0) is 9.53 Å². The minimum atomic E-state index is -0.833. The Balaban J connectivity index is 0.000000589. The fourth-order valence-corrected chi connectivity index (χ4v) is 3.71. The van der Waals surface area contributed by atoms with Crippen molar-refractivity contribution in [1.29, 1.82) is 0 Å². The van der Waals surface area contributed by atoms with E-state index in [1.54, 1.807) is 22.7 Å². The SMILES string of the molecule is CC(=O)O.CC(C)C(O)c1nnc2ccc(C(=O)N3CCOC4(CCNC4)C3)cn12. The maximum Gasteiger partial charge on any atom is 0.300 e. The van der Waals surface area contributed by atoms with Crippen LogP contribution in [0, 0.1) is 5.92 Å². The Kier molecular flexibility index (Phi) is 6.69. The number of carboxylic acid groups (broad SMARTS) is 1. The molecule has 1 amide bonds. The molecule has 164 valence electrons. The number of hydrogen-bond acceptors (Lipinski definition) is 7. The molecule has 2 fully saturated rings. The summed E-state index contributed by atoms with van der Waals surface area (Å²) in [5.74, 6) is -0.390. The van der Waals surface area contributed by atoms with Gasteiger partial charge in [0.15, 0.2) is 11.5 Å². The summed E-state index contributed by atoms with van der Waals surface area (Å²) in [6.07, 6.45) is 1.92. The van der Waals surface area contributed by atoms with E-state index >= 15 is 0 Å². The van der Waals surface area contributed by atoms with Gasteiger partial charge in [0.05, 0.1) is 24.3 Å². The summed E-state index contributed by atoms with van der Waals surface area (Å²) < 4.78 is 7.68. The standard InChI is InChI=1S/C18H25N5O3.C2H4O2/c1-12(2)15(24)16-21-20-14-4-3-13(9-23(14)16)17(25)22-7-8-26-18(11-22)5-6-19-10-18;1-2(3)4/h3-4,9,12,15,19,24H,5-8,10-11H2,1-2H3;1H3,(H,3,4). The number of fused-ring (bicyclic) bond motifs is 1. The van der Waals surface area contributed by atoms with E-state index in [1.165, 1.54) is 0 Å². The van der Waals surface area contributed by atoms with Crippen molar-refractivity contribution in [3.63, 3.8) is 0 Å². The summed E-state index contributed by atoms with van der Waals surface area (Å²) in [4.78, 5) is 23.9. The van der Waals surface area contributed by atoms with Crippen molar-refractivity contribution in [2.75, 3.05) is 32.8 Å².